The summed E-state index contributed by atoms with van der Waals surface area (Å²) in [6, 6.07) is 9.45. The molecule has 3 rings (SSSR count). The fraction of sp³-hybridized carbons (Fsp3) is 0.526. The van der Waals surface area contributed by atoms with E-state index in [-0.39, 0.29) is 18.6 Å². The van der Waals surface area contributed by atoms with Gasteiger partial charge in [-0.3, -0.25) is 0 Å². The van der Waals surface area contributed by atoms with Crippen molar-refractivity contribution in [1.29, 1.82) is 0 Å². The number of amides is 2. The fourth-order valence-electron chi connectivity index (χ4n) is 3.25. The lowest BCUT2D eigenvalue weighted by molar-refractivity contribution is 0.0382. The number of benzene rings is 1. The number of hydrogen-bond acceptors (Lipinski definition) is 3. The van der Waals surface area contributed by atoms with E-state index >= 15 is 0 Å². The third-order valence-corrected chi connectivity index (χ3v) is 4.74. The first kappa shape index (κ1) is 16.8. The van der Waals surface area contributed by atoms with Crippen molar-refractivity contribution < 1.29 is 14.3 Å². The Morgan fingerprint density at radius 2 is 1.96 bits per heavy atom. The molecule has 3 N–H and O–H groups in total. The third kappa shape index (κ3) is 4.09. The first-order valence-corrected chi connectivity index (χ1v) is 8.80. The predicted octanol–water partition coefficient (Wildman–Crippen LogP) is 3.66. The van der Waals surface area contributed by atoms with Gasteiger partial charge in [-0.05, 0) is 31.9 Å². The molecule has 130 valence electrons. The molecule has 1 aliphatic rings. The zero-order chi connectivity index (χ0) is 17.0. The Morgan fingerprint density at radius 3 is 2.67 bits per heavy atom. The molecule has 24 heavy (non-hydrogen) atoms. The van der Waals surface area contributed by atoms with Crippen LogP contribution in [0, 0.1) is 0 Å². The molecule has 1 aliphatic carbocycles. The van der Waals surface area contributed by atoms with Crippen molar-refractivity contribution in [3.8, 4) is 0 Å². The highest BCUT2D eigenvalue weighted by molar-refractivity contribution is 5.78. The summed E-state index contributed by atoms with van der Waals surface area (Å²) in [6.07, 6.45) is 6.91. The average molecular weight is 330 g/mol. The molecule has 1 fully saturated rings. The molecule has 1 aromatic heterocycles. The molecule has 1 atom stereocenters. The zero-order valence-electron chi connectivity index (χ0n) is 14.2. The van der Waals surface area contributed by atoms with Crippen LogP contribution in [0.2, 0.25) is 0 Å². The van der Waals surface area contributed by atoms with Gasteiger partial charge in [0.15, 0.2) is 0 Å². The number of para-hydroxylation sites is 1. The summed E-state index contributed by atoms with van der Waals surface area (Å²) >= 11 is 0. The monoisotopic (exact) mass is 330 g/mol. The fourth-order valence-corrected chi connectivity index (χ4v) is 3.25. The molecule has 0 aliphatic heterocycles. The van der Waals surface area contributed by atoms with E-state index in [0.717, 1.165) is 23.8 Å². The molecule has 1 aromatic carbocycles. The standard InChI is InChI=1S/C19H26N2O3/c1-19(23,17-12-14-8-6-7-11-16(14)24-17)13-20-18(22)21-15-9-4-2-3-5-10-15/h6-8,11-12,15,23H,2-5,9-10,13H2,1H3,(H2,20,21,22). The van der Waals surface area contributed by atoms with Crippen molar-refractivity contribution in [3.05, 3.63) is 36.1 Å². The van der Waals surface area contributed by atoms with E-state index in [4.69, 9.17) is 4.42 Å². The van der Waals surface area contributed by atoms with Gasteiger partial charge in [0.2, 0.25) is 0 Å². The Labute approximate surface area is 142 Å². The van der Waals surface area contributed by atoms with Gasteiger partial charge in [0.05, 0.1) is 6.54 Å². The maximum Gasteiger partial charge on any atom is 0.315 e. The molecule has 0 radical (unpaired) electrons. The number of aliphatic hydroxyl groups is 1. The van der Waals surface area contributed by atoms with E-state index in [1.165, 1.54) is 25.7 Å². The number of hydrogen-bond donors (Lipinski definition) is 3. The normalized spacial score (nSPS) is 18.8. The summed E-state index contributed by atoms with van der Waals surface area (Å²) in [5.41, 5.74) is -0.518. The van der Waals surface area contributed by atoms with E-state index in [0.29, 0.717) is 5.76 Å². The number of carbonyl (C=O) groups excluding carboxylic acids is 1. The zero-order valence-corrected chi connectivity index (χ0v) is 14.2. The summed E-state index contributed by atoms with van der Waals surface area (Å²) < 4.78 is 5.71. The van der Waals surface area contributed by atoms with Crippen LogP contribution in [0.15, 0.2) is 34.7 Å². The van der Waals surface area contributed by atoms with E-state index < -0.39 is 5.60 Å². The second kappa shape index (κ2) is 7.26. The molecule has 1 heterocycles. The number of rotatable bonds is 4. The van der Waals surface area contributed by atoms with E-state index in [1.807, 2.05) is 30.3 Å². The highest BCUT2D eigenvalue weighted by Crippen LogP contribution is 2.27. The van der Waals surface area contributed by atoms with Crippen LogP contribution in [-0.4, -0.2) is 23.7 Å². The molecule has 2 aromatic rings. The summed E-state index contributed by atoms with van der Waals surface area (Å²) in [7, 11) is 0. The minimum atomic E-state index is -1.25. The largest absolute Gasteiger partial charge is 0.458 e. The van der Waals surface area contributed by atoms with Gasteiger partial charge in [0.1, 0.15) is 16.9 Å². The van der Waals surface area contributed by atoms with Crippen LogP contribution in [-0.2, 0) is 5.60 Å². The van der Waals surface area contributed by atoms with Crippen molar-refractivity contribution in [2.24, 2.45) is 0 Å². The summed E-state index contributed by atoms with van der Waals surface area (Å²) in [5, 5.41) is 17.4. The smallest absolute Gasteiger partial charge is 0.315 e. The number of furan rings is 1. The summed E-state index contributed by atoms with van der Waals surface area (Å²) in [5.74, 6) is 0.457. The van der Waals surface area contributed by atoms with Gasteiger partial charge in [0.25, 0.3) is 0 Å². The van der Waals surface area contributed by atoms with Crippen LogP contribution in [0.3, 0.4) is 0 Å². The van der Waals surface area contributed by atoms with Crippen LogP contribution >= 0.6 is 0 Å². The lowest BCUT2D eigenvalue weighted by Crippen LogP contribution is -2.46. The van der Waals surface area contributed by atoms with Crippen molar-refractivity contribution in [2.75, 3.05) is 6.54 Å². The van der Waals surface area contributed by atoms with Crippen molar-refractivity contribution in [1.82, 2.24) is 10.6 Å². The minimum absolute atomic E-state index is 0.103. The molecule has 0 spiro atoms. The number of carbonyl (C=O) groups is 1. The Balaban J connectivity index is 1.56. The van der Waals surface area contributed by atoms with E-state index in [9.17, 15) is 9.90 Å². The Bertz CT molecular complexity index is 652. The van der Waals surface area contributed by atoms with E-state index in [2.05, 4.69) is 10.6 Å². The maximum atomic E-state index is 12.1. The van der Waals surface area contributed by atoms with Gasteiger partial charge >= 0.3 is 6.03 Å². The second-order valence-corrected chi connectivity index (χ2v) is 6.94. The topological polar surface area (TPSA) is 74.5 Å². The quantitative estimate of drug-likeness (QED) is 0.749. The Morgan fingerprint density at radius 1 is 1.25 bits per heavy atom. The number of nitrogens with one attached hydrogen (secondary N) is 2. The Kier molecular flexibility index (Phi) is 5.09. The van der Waals surface area contributed by atoms with Crippen molar-refractivity contribution in [2.45, 2.75) is 57.1 Å². The van der Waals surface area contributed by atoms with Crippen molar-refractivity contribution >= 4 is 17.0 Å². The van der Waals surface area contributed by atoms with Crippen LogP contribution in [0.25, 0.3) is 11.0 Å². The molecular formula is C19H26N2O3. The summed E-state index contributed by atoms with van der Waals surface area (Å²) in [6.45, 7) is 1.75. The Hall–Kier alpha value is -2.01. The van der Waals surface area contributed by atoms with Gasteiger partial charge in [-0.25, -0.2) is 4.79 Å². The first-order valence-electron chi connectivity index (χ1n) is 8.80. The third-order valence-electron chi connectivity index (χ3n) is 4.74. The molecule has 2 amide bonds. The number of urea groups is 1. The van der Waals surface area contributed by atoms with Crippen molar-refractivity contribution in [3.63, 3.8) is 0 Å². The van der Waals surface area contributed by atoms with Crippen LogP contribution in [0.4, 0.5) is 4.79 Å². The summed E-state index contributed by atoms with van der Waals surface area (Å²) in [4.78, 5) is 12.1. The molecule has 0 bridgehead atoms. The van der Waals surface area contributed by atoms with E-state index in [1.54, 1.807) is 6.92 Å². The SMILES string of the molecule is CC(O)(CNC(=O)NC1CCCCCC1)c1cc2ccccc2o1. The molecule has 1 unspecified atom stereocenters. The lowest BCUT2D eigenvalue weighted by Gasteiger charge is -2.23. The van der Waals surface area contributed by atoms with Crippen LogP contribution in [0.5, 0.6) is 0 Å². The minimum Gasteiger partial charge on any atom is -0.458 e. The van der Waals surface area contributed by atoms with Gasteiger partial charge < -0.3 is 20.2 Å². The second-order valence-electron chi connectivity index (χ2n) is 6.94. The molecule has 1 saturated carbocycles. The number of fused-ring (bicyclic) bond motifs is 1. The van der Waals surface area contributed by atoms with Gasteiger partial charge in [-0.15, -0.1) is 0 Å². The van der Waals surface area contributed by atoms with Crippen LogP contribution < -0.4 is 10.6 Å². The predicted molar refractivity (Wildman–Crippen MR) is 93.8 cm³/mol. The van der Waals surface area contributed by atoms with Crippen LogP contribution in [0.1, 0.15) is 51.2 Å². The lowest BCUT2D eigenvalue weighted by atomic mass is 10.0. The molecule has 0 saturated heterocycles. The molecule has 5 heteroatoms. The molecular weight excluding hydrogens is 304 g/mol. The first-order chi connectivity index (χ1) is 11.5. The molecule has 5 nitrogen and oxygen atoms in total. The highest BCUT2D eigenvalue weighted by atomic mass is 16.4. The van der Waals surface area contributed by atoms with Gasteiger partial charge in [0, 0.05) is 11.4 Å². The highest BCUT2D eigenvalue weighted by Gasteiger charge is 2.28. The van der Waals surface area contributed by atoms with Gasteiger partial charge in [-0.2, -0.15) is 0 Å². The van der Waals surface area contributed by atoms with Gasteiger partial charge in [-0.1, -0.05) is 43.9 Å². The average Bonchev–Trinajstić information content (AvgIpc) is 2.85. The maximum absolute atomic E-state index is 12.1.